The molecule has 1 N–H and O–H groups in total. The summed E-state index contributed by atoms with van der Waals surface area (Å²) in [6, 6.07) is 7.45. The Labute approximate surface area is 88.9 Å². The summed E-state index contributed by atoms with van der Waals surface area (Å²) in [6.07, 6.45) is 1.76. The van der Waals surface area contributed by atoms with Gasteiger partial charge in [-0.05, 0) is 11.7 Å². The Bertz CT molecular complexity index is 356. The summed E-state index contributed by atoms with van der Waals surface area (Å²) < 4.78 is 12.4. The second-order valence-corrected chi connectivity index (χ2v) is 2.11. The van der Waals surface area contributed by atoms with E-state index in [0.717, 1.165) is 10.9 Å². The van der Waals surface area contributed by atoms with Gasteiger partial charge in [0.2, 0.25) is 0 Å². The van der Waals surface area contributed by atoms with E-state index in [4.69, 9.17) is 0 Å². The molecule has 0 aliphatic heterocycles. The smallest absolute Gasteiger partial charge is 0.0405 e. The van der Waals surface area contributed by atoms with E-state index in [1.165, 1.54) is 6.07 Å². The van der Waals surface area contributed by atoms with Crippen molar-refractivity contribution in [3.8, 4) is 0 Å². The van der Waals surface area contributed by atoms with Gasteiger partial charge < -0.3 is 4.98 Å². The summed E-state index contributed by atoms with van der Waals surface area (Å²) in [5, 5.41) is 0.792. The molecule has 1 radical (unpaired) electrons. The minimum absolute atomic E-state index is 0. The quantitative estimate of drug-likeness (QED) is 0.658. The third-order valence-corrected chi connectivity index (χ3v) is 1.43. The van der Waals surface area contributed by atoms with Crippen LogP contribution in [0.15, 0.2) is 24.4 Å². The maximum absolute atomic E-state index is 12.4. The predicted molar refractivity (Wildman–Crippen MR) is 37.1 cm³/mol. The maximum atomic E-state index is 12.4. The molecule has 3 heteroatoms. The molecule has 1 aromatic heterocycles. The Balaban J connectivity index is 0.000000605. The first-order chi connectivity index (χ1) is 4.86. The fourth-order valence-electron chi connectivity index (χ4n) is 0.956. The number of benzene rings is 1. The topological polar surface area (TPSA) is 15.8 Å². The Morgan fingerprint density at radius 1 is 1.27 bits per heavy atom. The van der Waals surface area contributed by atoms with Gasteiger partial charge in [-0.1, -0.05) is 0 Å². The number of fused-ring (bicyclic) bond motifs is 1. The Hall–Kier alpha value is -0.206. The van der Waals surface area contributed by atoms with Crippen LogP contribution in [-0.2, 0) is 32.7 Å². The molecule has 1 nitrogen and oxygen atoms in total. The second kappa shape index (κ2) is 3.46. The van der Waals surface area contributed by atoms with Gasteiger partial charge in [-0.2, -0.15) is 0 Å². The van der Waals surface area contributed by atoms with Crippen LogP contribution in [0.4, 0.5) is 4.39 Å². The van der Waals surface area contributed by atoms with Gasteiger partial charge in [0.15, 0.2) is 0 Å². The largest absolute Gasteiger partial charge is 0.409 e. The molecule has 2 rings (SSSR count). The van der Waals surface area contributed by atoms with Crippen molar-refractivity contribution in [1.82, 2.24) is 4.98 Å². The van der Waals surface area contributed by atoms with Crippen molar-refractivity contribution in [3.05, 3.63) is 36.3 Å². The number of halogens is 1. The standard InChI is InChI=1S/C8H5FN.Y/c9-7-1-2-8-6(5-7)3-4-10-8;/h1-4,10H;/q-1;. The second-order valence-electron chi connectivity index (χ2n) is 2.11. The van der Waals surface area contributed by atoms with Gasteiger partial charge in [0.1, 0.15) is 0 Å². The maximum Gasteiger partial charge on any atom is 0.0405 e. The van der Waals surface area contributed by atoms with Crippen molar-refractivity contribution < 1.29 is 37.1 Å². The molecule has 0 amide bonds. The Kier molecular flexibility index (Phi) is 2.80. The number of rotatable bonds is 0. The third-order valence-electron chi connectivity index (χ3n) is 1.43. The molecular formula is C8H5FNY-. The first-order valence-electron chi connectivity index (χ1n) is 3.01. The Morgan fingerprint density at radius 3 is 2.91 bits per heavy atom. The van der Waals surface area contributed by atoms with Crippen LogP contribution in [0, 0.1) is 11.9 Å². The van der Waals surface area contributed by atoms with Crippen molar-refractivity contribution in [1.29, 1.82) is 0 Å². The van der Waals surface area contributed by atoms with Crippen LogP contribution < -0.4 is 0 Å². The molecule has 1 aromatic carbocycles. The van der Waals surface area contributed by atoms with Crippen LogP contribution in [0.25, 0.3) is 10.9 Å². The van der Waals surface area contributed by atoms with E-state index in [-0.39, 0.29) is 38.5 Å². The molecule has 0 aliphatic rings. The summed E-state index contributed by atoms with van der Waals surface area (Å²) in [5.41, 5.74) is 0.918. The van der Waals surface area contributed by atoms with Crippen LogP contribution in [0.5, 0.6) is 0 Å². The molecule has 53 valence electrons. The molecule has 0 unspecified atom stereocenters. The molecule has 0 saturated carbocycles. The van der Waals surface area contributed by atoms with Crippen molar-refractivity contribution in [2.45, 2.75) is 0 Å². The van der Waals surface area contributed by atoms with Crippen molar-refractivity contribution >= 4 is 10.9 Å². The van der Waals surface area contributed by atoms with Crippen LogP contribution in [0.2, 0.25) is 0 Å². The molecule has 0 saturated heterocycles. The molecule has 0 fully saturated rings. The fraction of sp³-hybridized carbons (Fsp3) is 0. The van der Waals surface area contributed by atoms with Crippen molar-refractivity contribution in [2.75, 3.05) is 0 Å². The summed E-state index contributed by atoms with van der Waals surface area (Å²) in [7, 11) is 0. The van der Waals surface area contributed by atoms with Crippen molar-refractivity contribution in [3.63, 3.8) is 0 Å². The average molecular weight is 223 g/mol. The molecule has 11 heavy (non-hydrogen) atoms. The summed E-state index contributed by atoms with van der Waals surface area (Å²) in [4.78, 5) is 2.95. The molecule has 0 aliphatic carbocycles. The van der Waals surface area contributed by atoms with E-state index < -0.39 is 0 Å². The van der Waals surface area contributed by atoms with Crippen molar-refractivity contribution in [2.24, 2.45) is 0 Å². The molecule has 0 bridgehead atoms. The molecule has 0 spiro atoms. The molecule has 2 aromatic rings. The van der Waals surface area contributed by atoms with Gasteiger partial charge in [-0.15, -0.1) is 29.7 Å². The SMILES string of the molecule is Fc1[c-]c2cc[nH]c2cc1.[Y]. The number of aromatic amines is 1. The molecular weight excluding hydrogens is 218 g/mol. The van der Waals surface area contributed by atoms with Crippen LogP contribution >= 0.6 is 0 Å². The van der Waals surface area contributed by atoms with E-state index >= 15 is 0 Å². The van der Waals surface area contributed by atoms with Crippen LogP contribution in [-0.4, -0.2) is 4.98 Å². The van der Waals surface area contributed by atoms with E-state index in [1.54, 1.807) is 18.3 Å². The first kappa shape index (κ1) is 8.89. The zero-order valence-electron chi connectivity index (χ0n) is 5.76. The normalized spacial score (nSPS) is 9.55. The molecule has 0 atom stereocenters. The predicted octanol–water partition coefficient (Wildman–Crippen LogP) is 2.10. The van der Waals surface area contributed by atoms with Gasteiger partial charge >= 0.3 is 0 Å². The summed E-state index contributed by atoms with van der Waals surface area (Å²) in [6.45, 7) is 0. The minimum Gasteiger partial charge on any atom is -0.409 e. The number of nitrogens with one attached hydrogen (secondary N) is 1. The minimum atomic E-state index is -0.313. The van der Waals surface area contributed by atoms with E-state index in [2.05, 4.69) is 11.1 Å². The van der Waals surface area contributed by atoms with Crippen LogP contribution in [0.3, 0.4) is 0 Å². The Morgan fingerprint density at radius 2 is 2.09 bits per heavy atom. The van der Waals surface area contributed by atoms with Gasteiger partial charge in [-0.3, -0.25) is 0 Å². The van der Waals surface area contributed by atoms with E-state index in [1.807, 2.05) is 0 Å². The van der Waals surface area contributed by atoms with E-state index in [9.17, 15) is 4.39 Å². The zero-order chi connectivity index (χ0) is 6.97. The fourth-order valence-corrected chi connectivity index (χ4v) is 0.956. The zero-order valence-corrected chi connectivity index (χ0v) is 8.60. The van der Waals surface area contributed by atoms with Crippen LogP contribution in [0.1, 0.15) is 0 Å². The van der Waals surface area contributed by atoms with Gasteiger partial charge in [0.05, 0.1) is 0 Å². The first-order valence-corrected chi connectivity index (χ1v) is 3.01. The van der Waals surface area contributed by atoms with E-state index in [0.29, 0.717) is 0 Å². The van der Waals surface area contributed by atoms with Gasteiger partial charge in [0, 0.05) is 38.5 Å². The van der Waals surface area contributed by atoms with Gasteiger partial charge in [-0.25, -0.2) is 4.39 Å². The number of hydrogen-bond acceptors (Lipinski definition) is 0. The number of aromatic nitrogens is 1. The average Bonchev–Trinajstić information content (AvgIpc) is 2.33. The molecule has 1 heterocycles. The van der Waals surface area contributed by atoms with Gasteiger partial charge in [0.25, 0.3) is 0 Å². The number of hydrogen-bond donors (Lipinski definition) is 1. The number of H-pyrrole nitrogens is 1. The monoisotopic (exact) mass is 223 g/mol. The summed E-state index contributed by atoms with van der Waals surface area (Å²) in [5.74, 6) is -0.313. The third kappa shape index (κ3) is 1.68. The summed E-state index contributed by atoms with van der Waals surface area (Å²) >= 11 is 0.